The van der Waals surface area contributed by atoms with E-state index in [1.807, 2.05) is 45.0 Å². The first kappa shape index (κ1) is 35.4. The molecular weight excluding hydrogens is 558 g/mol. The summed E-state index contributed by atoms with van der Waals surface area (Å²) in [4.78, 5) is 37.1. The minimum Gasteiger partial charge on any atom is -0.490 e. The number of rotatable bonds is 11. The van der Waals surface area contributed by atoms with Crippen molar-refractivity contribution in [3.63, 3.8) is 0 Å². The number of hydrogen-bond acceptors (Lipinski definition) is 8. The maximum atomic E-state index is 14.3. The maximum absolute atomic E-state index is 14.3. The Balaban J connectivity index is 1.87. The van der Waals surface area contributed by atoms with Gasteiger partial charge in [-0.15, -0.1) is 0 Å². The molecule has 0 bridgehead atoms. The van der Waals surface area contributed by atoms with E-state index in [1.54, 1.807) is 35.5 Å². The highest BCUT2D eigenvalue weighted by Crippen LogP contribution is 2.28. The lowest BCUT2D eigenvalue weighted by Crippen LogP contribution is -2.47. The van der Waals surface area contributed by atoms with Gasteiger partial charge in [-0.2, -0.15) is 0 Å². The van der Waals surface area contributed by atoms with Gasteiger partial charge in [0.2, 0.25) is 5.91 Å². The number of aliphatic hydroxyl groups excluding tert-OH is 1. The Morgan fingerprint density at radius 2 is 1.91 bits per heavy atom. The average molecular weight is 612 g/mol. The second-order valence-electron chi connectivity index (χ2n) is 12.5. The van der Waals surface area contributed by atoms with Crippen molar-refractivity contribution >= 4 is 17.5 Å². The second kappa shape index (κ2) is 18.0. The van der Waals surface area contributed by atoms with E-state index in [1.165, 1.54) is 5.56 Å². The fraction of sp³-hybridized carbons (Fsp3) is 0.618. The maximum Gasteiger partial charge on any atom is 0.258 e. The van der Waals surface area contributed by atoms with Gasteiger partial charge in [0.15, 0.2) is 0 Å². The van der Waals surface area contributed by atoms with Gasteiger partial charge in [0, 0.05) is 56.7 Å². The molecule has 4 atom stereocenters. The summed E-state index contributed by atoms with van der Waals surface area (Å²) < 4.78 is 12.8. The number of aliphatic hydroxyl groups is 1. The molecule has 2 heterocycles. The quantitative estimate of drug-likeness (QED) is 0.388. The van der Waals surface area contributed by atoms with Gasteiger partial charge in [-0.25, -0.2) is 0 Å². The summed E-state index contributed by atoms with van der Waals surface area (Å²) in [5.41, 5.74) is 2.10. The zero-order chi connectivity index (χ0) is 32.1. The molecule has 0 saturated heterocycles. The van der Waals surface area contributed by atoms with Crippen LogP contribution in [0.25, 0.3) is 0 Å². The van der Waals surface area contributed by atoms with E-state index in [9.17, 15) is 14.7 Å². The number of anilines is 1. The van der Waals surface area contributed by atoms with Crippen LogP contribution in [0.3, 0.4) is 0 Å². The Morgan fingerprint density at radius 3 is 2.61 bits per heavy atom. The van der Waals surface area contributed by atoms with Gasteiger partial charge in [-0.05, 0) is 103 Å². The van der Waals surface area contributed by atoms with Crippen molar-refractivity contribution in [1.82, 2.24) is 19.7 Å². The summed E-state index contributed by atoms with van der Waals surface area (Å²) >= 11 is 0. The van der Waals surface area contributed by atoms with Crippen molar-refractivity contribution in [3.8, 4) is 5.75 Å². The molecule has 0 aliphatic carbocycles. The molecule has 3 rings (SSSR count). The van der Waals surface area contributed by atoms with E-state index >= 15 is 0 Å². The third-order valence-corrected chi connectivity index (χ3v) is 8.04. The number of nitrogens with zero attached hydrogens (tertiary/aromatic N) is 4. The molecule has 10 heteroatoms. The molecule has 1 aromatic heterocycles. The molecule has 44 heavy (non-hydrogen) atoms. The van der Waals surface area contributed by atoms with Crippen LogP contribution in [0, 0.1) is 5.92 Å². The molecule has 2 amide bonds. The van der Waals surface area contributed by atoms with Crippen molar-refractivity contribution in [2.24, 2.45) is 5.92 Å². The van der Waals surface area contributed by atoms with E-state index in [0.717, 1.165) is 38.8 Å². The zero-order valence-corrected chi connectivity index (χ0v) is 27.5. The van der Waals surface area contributed by atoms with Gasteiger partial charge in [0.1, 0.15) is 5.75 Å². The first-order valence-electron chi connectivity index (χ1n) is 15.9. The monoisotopic (exact) mass is 611 g/mol. The molecule has 0 fully saturated rings. The van der Waals surface area contributed by atoms with Crippen LogP contribution in [0.2, 0.25) is 0 Å². The predicted molar refractivity (Wildman–Crippen MR) is 174 cm³/mol. The topological polar surface area (TPSA) is 107 Å². The van der Waals surface area contributed by atoms with Crippen molar-refractivity contribution in [2.75, 3.05) is 59.3 Å². The minimum absolute atomic E-state index is 0.0151. The van der Waals surface area contributed by atoms with Crippen LogP contribution in [-0.2, 0) is 16.1 Å². The van der Waals surface area contributed by atoms with E-state index in [4.69, 9.17) is 9.47 Å². The van der Waals surface area contributed by atoms with Gasteiger partial charge in [0.05, 0.1) is 30.4 Å². The zero-order valence-electron chi connectivity index (χ0n) is 27.5. The summed E-state index contributed by atoms with van der Waals surface area (Å²) in [5.74, 6) is 0.126. The summed E-state index contributed by atoms with van der Waals surface area (Å²) in [6.07, 6.45) is 7.16. The number of fused-ring (bicyclic) bond motifs is 1. The first-order chi connectivity index (χ1) is 21.1. The normalized spacial score (nSPS) is 21.0. The summed E-state index contributed by atoms with van der Waals surface area (Å²) in [7, 11) is 6.04. The molecule has 2 aromatic rings. The number of likely N-dealkylation sites (N-methyl/N-ethyl adjacent to an activating group) is 1. The Bertz CT molecular complexity index is 1160. The molecule has 0 spiro atoms. The van der Waals surface area contributed by atoms with Gasteiger partial charge in [-0.3, -0.25) is 19.5 Å². The number of pyridine rings is 1. The number of hydrogen-bond donors (Lipinski definition) is 2. The molecule has 10 nitrogen and oxygen atoms in total. The van der Waals surface area contributed by atoms with Crippen LogP contribution in [0.15, 0.2) is 42.7 Å². The average Bonchev–Trinajstić information content (AvgIpc) is 2.98. The third kappa shape index (κ3) is 11.5. The highest BCUT2D eigenvalue weighted by atomic mass is 16.5. The summed E-state index contributed by atoms with van der Waals surface area (Å²) in [6.45, 7) is 9.07. The highest BCUT2D eigenvalue weighted by Gasteiger charge is 2.30. The molecular formula is C34H53N5O5. The van der Waals surface area contributed by atoms with E-state index < -0.39 is 6.04 Å². The molecule has 2 N–H and O–H groups in total. The van der Waals surface area contributed by atoms with Crippen LogP contribution in [-0.4, -0.2) is 109 Å². The van der Waals surface area contributed by atoms with Gasteiger partial charge < -0.3 is 29.7 Å². The SMILES string of the molecule is C[C@@H]1CCCCO[C@H](CN(C)Cc2ccncc2)[C@@H](C)CN([C@@H](C)CO)C(=O)c2cc(NC(=O)CCCN(C)C)ccc2O1. The lowest BCUT2D eigenvalue weighted by Gasteiger charge is -2.36. The molecule has 244 valence electrons. The molecule has 1 aliphatic rings. The van der Waals surface area contributed by atoms with Crippen LogP contribution < -0.4 is 10.1 Å². The van der Waals surface area contributed by atoms with Crippen LogP contribution in [0.4, 0.5) is 5.69 Å². The van der Waals surface area contributed by atoms with Crippen molar-refractivity contribution in [2.45, 2.75) is 77.7 Å². The van der Waals surface area contributed by atoms with Crippen molar-refractivity contribution < 1.29 is 24.2 Å². The van der Waals surface area contributed by atoms with Gasteiger partial charge in [0.25, 0.3) is 5.91 Å². The van der Waals surface area contributed by atoms with Crippen molar-refractivity contribution in [3.05, 3.63) is 53.9 Å². The molecule has 1 aliphatic heterocycles. The number of ether oxygens (including phenoxy) is 2. The number of aromatic nitrogens is 1. The largest absolute Gasteiger partial charge is 0.490 e. The van der Waals surface area contributed by atoms with Crippen LogP contribution >= 0.6 is 0 Å². The Labute approximate surface area is 263 Å². The number of carbonyl (C=O) groups excluding carboxylic acids is 2. The lowest BCUT2D eigenvalue weighted by molar-refractivity contribution is -0.116. The Hall–Kier alpha value is -3.05. The Kier molecular flexibility index (Phi) is 14.5. The summed E-state index contributed by atoms with van der Waals surface area (Å²) in [6, 6.07) is 8.87. The number of benzene rings is 1. The Morgan fingerprint density at radius 1 is 1.16 bits per heavy atom. The molecule has 1 aromatic carbocycles. The standard InChI is InChI=1S/C34H53N5O5/c1-25-21-39(26(2)24-40)34(42)30-20-29(36-33(41)11-9-18-37(4)5)12-13-31(30)44-27(3)10-7-8-19-43-32(25)23-38(6)22-28-14-16-35-17-15-28/h12-17,20,25-27,32,40H,7-11,18-19,21-24H2,1-6H3,(H,36,41)/t25-,26-,27+,32+/m0/s1. The highest BCUT2D eigenvalue weighted by molar-refractivity contribution is 5.99. The smallest absolute Gasteiger partial charge is 0.258 e. The second-order valence-corrected chi connectivity index (χ2v) is 12.5. The van der Waals surface area contributed by atoms with E-state index in [2.05, 4.69) is 29.2 Å². The minimum atomic E-state index is -0.428. The van der Waals surface area contributed by atoms with E-state index in [-0.39, 0.29) is 36.5 Å². The fourth-order valence-corrected chi connectivity index (χ4v) is 5.41. The fourth-order valence-electron chi connectivity index (χ4n) is 5.41. The van der Waals surface area contributed by atoms with E-state index in [0.29, 0.717) is 43.1 Å². The first-order valence-corrected chi connectivity index (χ1v) is 15.9. The van der Waals surface area contributed by atoms with Crippen LogP contribution in [0.5, 0.6) is 5.75 Å². The number of nitrogens with one attached hydrogen (secondary N) is 1. The lowest BCUT2D eigenvalue weighted by atomic mass is 10.0. The van der Waals surface area contributed by atoms with Gasteiger partial charge in [-0.1, -0.05) is 6.92 Å². The van der Waals surface area contributed by atoms with Crippen molar-refractivity contribution in [1.29, 1.82) is 0 Å². The number of amides is 2. The molecule has 0 saturated carbocycles. The summed E-state index contributed by atoms with van der Waals surface area (Å²) in [5, 5.41) is 13.1. The van der Waals surface area contributed by atoms with Gasteiger partial charge >= 0.3 is 0 Å². The third-order valence-electron chi connectivity index (χ3n) is 8.04. The molecule has 0 unspecified atom stereocenters. The predicted octanol–water partition coefficient (Wildman–Crippen LogP) is 4.29. The molecule has 0 radical (unpaired) electrons. The van der Waals surface area contributed by atoms with Crippen LogP contribution in [0.1, 0.15) is 68.8 Å². The number of carbonyl (C=O) groups is 2.